The zero-order valence-electron chi connectivity index (χ0n) is 12.5. The summed E-state index contributed by atoms with van der Waals surface area (Å²) < 4.78 is 5.44. The van der Waals surface area contributed by atoms with Gasteiger partial charge in [0.1, 0.15) is 0 Å². The summed E-state index contributed by atoms with van der Waals surface area (Å²) in [6.45, 7) is 1.63. The predicted molar refractivity (Wildman–Crippen MR) is 91.3 cm³/mol. The largest absolute Gasteiger partial charge is 0.338 e. The number of thiophene rings is 1. The summed E-state index contributed by atoms with van der Waals surface area (Å²) in [6, 6.07) is 12.4. The maximum atomic E-state index is 6.02. The summed E-state index contributed by atoms with van der Waals surface area (Å²) in [7, 11) is 0. The highest BCUT2D eigenvalue weighted by Gasteiger charge is 2.30. The normalized spacial score (nSPS) is 14.5. The molecule has 0 saturated heterocycles. The van der Waals surface area contributed by atoms with Crippen LogP contribution < -0.4 is 0 Å². The lowest BCUT2D eigenvalue weighted by molar-refractivity contribution is 0.211. The first-order valence-corrected chi connectivity index (χ1v) is 8.88. The molecular weight excluding hydrogens is 330 g/mol. The van der Waals surface area contributed by atoms with E-state index in [1.807, 2.05) is 24.3 Å². The van der Waals surface area contributed by atoms with Crippen LogP contribution in [0.3, 0.4) is 0 Å². The van der Waals surface area contributed by atoms with Crippen LogP contribution in [-0.2, 0) is 13.1 Å². The first-order valence-electron chi connectivity index (χ1n) is 7.63. The Labute approximate surface area is 143 Å². The van der Waals surface area contributed by atoms with Gasteiger partial charge in [0.25, 0.3) is 0 Å². The molecule has 23 heavy (non-hydrogen) atoms. The molecule has 1 saturated carbocycles. The maximum Gasteiger partial charge on any atom is 0.241 e. The highest BCUT2D eigenvalue weighted by atomic mass is 35.5. The molecule has 0 radical (unpaired) electrons. The SMILES string of the molecule is Clc1cccc(-c2noc(CN(Cc3cccs3)C3CC3)n2)c1. The third-order valence-corrected chi connectivity index (χ3v) is 4.99. The first-order chi connectivity index (χ1) is 11.3. The number of benzene rings is 1. The molecule has 4 nitrogen and oxygen atoms in total. The Morgan fingerprint density at radius 1 is 1.22 bits per heavy atom. The van der Waals surface area contributed by atoms with Crippen molar-refractivity contribution in [2.24, 2.45) is 0 Å². The van der Waals surface area contributed by atoms with Crippen LogP contribution in [0.5, 0.6) is 0 Å². The quantitative estimate of drug-likeness (QED) is 0.654. The van der Waals surface area contributed by atoms with Crippen molar-refractivity contribution in [3.63, 3.8) is 0 Å². The van der Waals surface area contributed by atoms with E-state index in [2.05, 4.69) is 32.6 Å². The first kappa shape index (κ1) is 14.9. The van der Waals surface area contributed by atoms with Gasteiger partial charge in [-0.05, 0) is 36.4 Å². The predicted octanol–water partition coefficient (Wildman–Crippen LogP) is 4.62. The fourth-order valence-corrected chi connectivity index (χ4v) is 3.51. The summed E-state index contributed by atoms with van der Waals surface area (Å²) >= 11 is 7.81. The Morgan fingerprint density at radius 3 is 2.87 bits per heavy atom. The van der Waals surface area contributed by atoms with Gasteiger partial charge in [-0.25, -0.2) is 0 Å². The van der Waals surface area contributed by atoms with Crippen LogP contribution in [0.1, 0.15) is 23.6 Å². The monoisotopic (exact) mass is 345 g/mol. The van der Waals surface area contributed by atoms with Gasteiger partial charge >= 0.3 is 0 Å². The minimum absolute atomic E-state index is 0.592. The summed E-state index contributed by atoms with van der Waals surface area (Å²) in [6.07, 6.45) is 2.50. The number of nitrogens with zero attached hydrogens (tertiary/aromatic N) is 3. The Morgan fingerprint density at radius 2 is 2.13 bits per heavy atom. The molecule has 0 spiro atoms. The van der Waals surface area contributed by atoms with Crippen LogP contribution in [-0.4, -0.2) is 21.1 Å². The third-order valence-electron chi connectivity index (χ3n) is 3.89. The third kappa shape index (κ3) is 3.63. The smallest absolute Gasteiger partial charge is 0.241 e. The van der Waals surface area contributed by atoms with E-state index in [4.69, 9.17) is 16.1 Å². The Hall–Kier alpha value is -1.69. The number of hydrogen-bond acceptors (Lipinski definition) is 5. The Kier molecular flexibility index (Phi) is 4.16. The van der Waals surface area contributed by atoms with Gasteiger partial charge in [-0.2, -0.15) is 4.98 Å². The molecule has 0 atom stereocenters. The minimum atomic E-state index is 0.592. The average molecular weight is 346 g/mol. The molecule has 0 unspecified atom stereocenters. The maximum absolute atomic E-state index is 6.02. The van der Waals surface area contributed by atoms with Gasteiger partial charge in [-0.15, -0.1) is 11.3 Å². The summed E-state index contributed by atoms with van der Waals surface area (Å²) in [5, 5.41) is 6.88. The molecule has 0 aliphatic heterocycles. The van der Waals surface area contributed by atoms with Crippen LogP contribution in [0.4, 0.5) is 0 Å². The Balaban J connectivity index is 1.49. The second-order valence-corrected chi connectivity index (χ2v) is 7.21. The highest BCUT2D eigenvalue weighted by Crippen LogP contribution is 2.30. The molecule has 0 amide bonds. The van der Waals surface area contributed by atoms with Crippen molar-refractivity contribution >= 4 is 22.9 Å². The molecule has 1 fully saturated rings. The summed E-state index contributed by atoms with van der Waals surface area (Å²) in [5.74, 6) is 1.25. The van der Waals surface area contributed by atoms with Gasteiger partial charge in [0.2, 0.25) is 11.7 Å². The van der Waals surface area contributed by atoms with E-state index in [-0.39, 0.29) is 0 Å². The molecule has 6 heteroatoms. The second-order valence-electron chi connectivity index (χ2n) is 5.74. The lowest BCUT2D eigenvalue weighted by Crippen LogP contribution is -2.24. The number of aromatic nitrogens is 2. The van der Waals surface area contributed by atoms with Gasteiger partial charge < -0.3 is 4.52 Å². The summed E-state index contributed by atoms with van der Waals surface area (Å²) in [4.78, 5) is 8.31. The van der Waals surface area contributed by atoms with Gasteiger partial charge in [-0.1, -0.05) is 35.0 Å². The van der Waals surface area contributed by atoms with Crippen LogP contribution in [0.2, 0.25) is 5.02 Å². The van der Waals surface area contributed by atoms with Crippen molar-refractivity contribution in [2.45, 2.75) is 32.0 Å². The van der Waals surface area contributed by atoms with E-state index < -0.39 is 0 Å². The van der Waals surface area contributed by atoms with Crippen LogP contribution in [0.15, 0.2) is 46.3 Å². The van der Waals surface area contributed by atoms with Crippen molar-refractivity contribution in [1.82, 2.24) is 15.0 Å². The van der Waals surface area contributed by atoms with Gasteiger partial charge in [0.15, 0.2) is 0 Å². The number of rotatable bonds is 6. The van der Waals surface area contributed by atoms with E-state index in [9.17, 15) is 0 Å². The van der Waals surface area contributed by atoms with Crippen LogP contribution >= 0.6 is 22.9 Å². The molecule has 1 aliphatic carbocycles. The van der Waals surface area contributed by atoms with Gasteiger partial charge in [0, 0.05) is 28.0 Å². The van der Waals surface area contributed by atoms with Gasteiger partial charge in [0.05, 0.1) is 6.54 Å². The molecule has 2 heterocycles. The average Bonchev–Trinajstić information content (AvgIpc) is 3.07. The summed E-state index contributed by atoms with van der Waals surface area (Å²) in [5.41, 5.74) is 0.878. The van der Waals surface area contributed by atoms with E-state index >= 15 is 0 Å². The molecule has 118 valence electrons. The van der Waals surface area contributed by atoms with E-state index in [0.717, 1.165) is 12.1 Å². The molecule has 0 N–H and O–H groups in total. The van der Waals surface area contributed by atoms with Crippen molar-refractivity contribution in [1.29, 1.82) is 0 Å². The lowest BCUT2D eigenvalue weighted by Gasteiger charge is -2.18. The number of halogens is 1. The molecule has 0 bridgehead atoms. The Bertz CT molecular complexity index is 783. The van der Waals surface area contributed by atoms with Crippen molar-refractivity contribution in [3.05, 3.63) is 57.6 Å². The van der Waals surface area contributed by atoms with E-state index in [1.54, 1.807) is 11.3 Å². The zero-order chi connectivity index (χ0) is 15.6. The molecule has 1 aromatic carbocycles. The molecule has 2 aromatic heterocycles. The van der Waals surface area contributed by atoms with Crippen molar-refractivity contribution in [2.75, 3.05) is 0 Å². The molecule has 4 rings (SSSR count). The minimum Gasteiger partial charge on any atom is -0.338 e. The topological polar surface area (TPSA) is 42.2 Å². The van der Waals surface area contributed by atoms with E-state index in [0.29, 0.717) is 29.3 Å². The zero-order valence-corrected chi connectivity index (χ0v) is 14.1. The van der Waals surface area contributed by atoms with Gasteiger partial charge in [-0.3, -0.25) is 4.90 Å². The van der Waals surface area contributed by atoms with Crippen LogP contribution in [0, 0.1) is 0 Å². The fourth-order valence-electron chi connectivity index (χ4n) is 2.59. The lowest BCUT2D eigenvalue weighted by atomic mass is 10.2. The fraction of sp³-hybridized carbons (Fsp3) is 0.294. The molecule has 1 aliphatic rings. The van der Waals surface area contributed by atoms with Crippen molar-refractivity contribution in [3.8, 4) is 11.4 Å². The second kappa shape index (κ2) is 6.43. The standard InChI is InChI=1S/C17H16ClN3OS/c18-13-4-1-3-12(9-13)17-19-16(22-20-17)11-21(14-6-7-14)10-15-5-2-8-23-15/h1-5,8-9,14H,6-7,10-11H2. The highest BCUT2D eigenvalue weighted by molar-refractivity contribution is 7.09. The number of hydrogen-bond donors (Lipinski definition) is 0. The van der Waals surface area contributed by atoms with Crippen LogP contribution in [0.25, 0.3) is 11.4 Å². The molecule has 3 aromatic rings. The van der Waals surface area contributed by atoms with E-state index in [1.165, 1.54) is 17.7 Å². The molecular formula is C17H16ClN3OS. The van der Waals surface area contributed by atoms with Crippen molar-refractivity contribution < 1.29 is 4.52 Å².